The van der Waals surface area contributed by atoms with Crippen LogP contribution in [0.5, 0.6) is 0 Å². The third kappa shape index (κ3) is 3.96. The number of carbonyl (C=O) groups excluding carboxylic acids is 2. The molecule has 0 aliphatic carbocycles. The predicted octanol–water partition coefficient (Wildman–Crippen LogP) is 2.28. The summed E-state index contributed by atoms with van der Waals surface area (Å²) in [6.07, 6.45) is 1.19. The van der Waals surface area contributed by atoms with Crippen molar-refractivity contribution in [3.63, 3.8) is 0 Å². The minimum absolute atomic E-state index is 0.00873. The SMILES string of the molecule is CCC(C)C1NC(=O)CC(C)N(CC(C)=CCl)C1=O. The fourth-order valence-corrected chi connectivity index (χ4v) is 2.30. The Hall–Kier alpha value is -1.03. The normalized spacial score (nSPS) is 27.0. The average molecular weight is 287 g/mol. The Morgan fingerprint density at radius 2 is 2.21 bits per heavy atom. The van der Waals surface area contributed by atoms with E-state index in [2.05, 4.69) is 5.32 Å². The van der Waals surface area contributed by atoms with Crippen molar-refractivity contribution in [2.75, 3.05) is 6.54 Å². The van der Waals surface area contributed by atoms with E-state index in [1.807, 2.05) is 27.7 Å². The number of nitrogens with zero attached hydrogens (tertiary/aromatic N) is 1. The number of halogens is 1. The van der Waals surface area contributed by atoms with Gasteiger partial charge in [0.25, 0.3) is 0 Å². The van der Waals surface area contributed by atoms with Crippen LogP contribution in [0.2, 0.25) is 0 Å². The summed E-state index contributed by atoms with van der Waals surface area (Å²) in [7, 11) is 0. The molecule has 2 amide bonds. The van der Waals surface area contributed by atoms with Crippen molar-refractivity contribution < 1.29 is 9.59 Å². The molecule has 1 heterocycles. The van der Waals surface area contributed by atoms with Crippen LogP contribution >= 0.6 is 11.6 Å². The highest BCUT2D eigenvalue weighted by atomic mass is 35.5. The van der Waals surface area contributed by atoms with E-state index in [4.69, 9.17) is 11.6 Å². The van der Waals surface area contributed by atoms with Gasteiger partial charge < -0.3 is 10.2 Å². The van der Waals surface area contributed by atoms with Crippen LogP contribution in [-0.4, -0.2) is 35.3 Å². The standard InChI is InChI=1S/C14H23ClN2O2/c1-5-10(3)13-14(19)17(8-9(2)7-15)11(4)6-12(18)16-13/h7,10-11,13H,5-6,8H2,1-4H3,(H,16,18). The predicted molar refractivity (Wildman–Crippen MR) is 76.8 cm³/mol. The highest BCUT2D eigenvalue weighted by Crippen LogP contribution is 2.19. The maximum Gasteiger partial charge on any atom is 0.245 e. The zero-order valence-corrected chi connectivity index (χ0v) is 12.8. The molecular weight excluding hydrogens is 264 g/mol. The molecule has 1 N–H and O–H groups in total. The van der Waals surface area contributed by atoms with Gasteiger partial charge in [-0.05, 0) is 25.3 Å². The van der Waals surface area contributed by atoms with Crippen molar-refractivity contribution in [2.45, 2.75) is 52.6 Å². The summed E-state index contributed by atoms with van der Waals surface area (Å²) in [6, 6.07) is -0.529. The monoisotopic (exact) mass is 286 g/mol. The number of hydrogen-bond donors (Lipinski definition) is 1. The van der Waals surface area contributed by atoms with Crippen LogP contribution in [-0.2, 0) is 9.59 Å². The summed E-state index contributed by atoms with van der Waals surface area (Å²) in [6.45, 7) is 8.27. The Kier molecular flexibility index (Phi) is 5.85. The molecule has 0 radical (unpaired) electrons. The Morgan fingerprint density at radius 1 is 1.58 bits per heavy atom. The van der Waals surface area contributed by atoms with E-state index >= 15 is 0 Å². The highest BCUT2D eigenvalue weighted by Gasteiger charge is 2.36. The summed E-state index contributed by atoms with van der Waals surface area (Å²) in [5.74, 6) is 0.0660. The van der Waals surface area contributed by atoms with E-state index in [0.29, 0.717) is 13.0 Å². The van der Waals surface area contributed by atoms with Crippen LogP contribution in [0, 0.1) is 5.92 Å². The van der Waals surface area contributed by atoms with E-state index in [1.165, 1.54) is 5.54 Å². The van der Waals surface area contributed by atoms with Crippen LogP contribution in [0.1, 0.15) is 40.5 Å². The molecule has 0 aromatic heterocycles. The Bertz CT molecular complexity index is 382. The topological polar surface area (TPSA) is 49.4 Å². The molecule has 1 fully saturated rings. The lowest BCUT2D eigenvalue weighted by molar-refractivity contribution is -0.135. The second kappa shape index (κ2) is 6.94. The first-order chi connectivity index (χ1) is 8.90. The Labute approximate surface area is 120 Å². The lowest BCUT2D eigenvalue weighted by Gasteiger charge is -2.30. The second-order valence-electron chi connectivity index (χ2n) is 5.41. The first kappa shape index (κ1) is 16.0. The van der Waals surface area contributed by atoms with Crippen molar-refractivity contribution in [1.82, 2.24) is 10.2 Å². The molecular formula is C14H23ClN2O2. The van der Waals surface area contributed by atoms with Gasteiger partial charge in [-0.3, -0.25) is 9.59 Å². The largest absolute Gasteiger partial charge is 0.344 e. The Balaban J connectivity index is 2.99. The maximum absolute atomic E-state index is 12.6. The van der Waals surface area contributed by atoms with Crippen molar-refractivity contribution in [2.24, 2.45) is 5.92 Å². The molecule has 0 bridgehead atoms. The molecule has 0 spiro atoms. The molecule has 1 aliphatic heterocycles. The lowest BCUT2D eigenvalue weighted by Crippen LogP contribution is -2.49. The molecule has 3 unspecified atom stereocenters. The molecule has 3 atom stereocenters. The fourth-order valence-electron chi connectivity index (χ4n) is 2.23. The van der Waals surface area contributed by atoms with Crippen LogP contribution in [0.4, 0.5) is 0 Å². The van der Waals surface area contributed by atoms with Gasteiger partial charge in [-0.25, -0.2) is 0 Å². The van der Waals surface area contributed by atoms with Crippen LogP contribution in [0.3, 0.4) is 0 Å². The first-order valence-corrected chi connectivity index (χ1v) is 7.20. The fraction of sp³-hybridized carbons (Fsp3) is 0.714. The third-order valence-electron chi connectivity index (χ3n) is 3.70. The Morgan fingerprint density at radius 3 is 2.74 bits per heavy atom. The van der Waals surface area contributed by atoms with Gasteiger partial charge in [-0.15, -0.1) is 0 Å². The minimum Gasteiger partial charge on any atom is -0.344 e. The molecule has 0 aromatic carbocycles. The lowest BCUT2D eigenvalue weighted by atomic mass is 9.98. The summed E-state index contributed by atoms with van der Waals surface area (Å²) in [5, 5.41) is 2.85. The zero-order valence-electron chi connectivity index (χ0n) is 12.1. The molecule has 1 aliphatic rings. The molecule has 4 nitrogen and oxygen atoms in total. The quantitative estimate of drug-likeness (QED) is 0.862. The highest BCUT2D eigenvalue weighted by molar-refractivity contribution is 6.25. The molecule has 0 saturated carbocycles. The van der Waals surface area contributed by atoms with Gasteiger partial charge in [0.1, 0.15) is 6.04 Å². The second-order valence-corrected chi connectivity index (χ2v) is 5.62. The number of amides is 2. The van der Waals surface area contributed by atoms with Gasteiger partial charge in [0.05, 0.1) is 0 Å². The van der Waals surface area contributed by atoms with E-state index in [-0.39, 0.29) is 23.8 Å². The van der Waals surface area contributed by atoms with Crippen molar-refractivity contribution >= 4 is 23.4 Å². The van der Waals surface area contributed by atoms with E-state index in [1.54, 1.807) is 4.90 Å². The van der Waals surface area contributed by atoms with Gasteiger partial charge in [-0.2, -0.15) is 0 Å². The third-order valence-corrected chi connectivity index (χ3v) is 4.07. The van der Waals surface area contributed by atoms with Gasteiger partial charge in [0.2, 0.25) is 11.8 Å². The number of hydrogen-bond acceptors (Lipinski definition) is 2. The number of rotatable bonds is 4. The maximum atomic E-state index is 12.6. The summed E-state index contributed by atoms with van der Waals surface area (Å²) < 4.78 is 0. The van der Waals surface area contributed by atoms with Crippen LogP contribution < -0.4 is 5.32 Å². The molecule has 1 rings (SSSR count). The molecule has 5 heteroatoms. The number of nitrogens with one attached hydrogen (secondary N) is 1. The van der Waals surface area contributed by atoms with Crippen LogP contribution in [0.15, 0.2) is 11.1 Å². The smallest absolute Gasteiger partial charge is 0.245 e. The molecule has 19 heavy (non-hydrogen) atoms. The van der Waals surface area contributed by atoms with E-state index < -0.39 is 6.04 Å². The summed E-state index contributed by atoms with van der Waals surface area (Å²) in [4.78, 5) is 26.2. The van der Waals surface area contributed by atoms with Gasteiger partial charge in [0, 0.05) is 24.5 Å². The first-order valence-electron chi connectivity index (χ1n) is 6.76. The van der Waals surface area contributed by atoms with Crippen molar-refractivity contribution in [3.8, 4) is 0 Å². The summed E-state index contributed by atoms with van der Waals surface area (Å²) in [5.41, 5.74) is 2.40. The van der Waals surface area contributed by atoms with Gasteiger partial charge in [-0.1, -0.05) is 31.9 Å². The average Bonchev–Trinajstić information content (AvgIpc) is 2.48. The van der Waals surface area contributed by atoms with Crippen LogP contribution in [0.25, 0.3) is 0 Å². The minimum atomic E-state index is -0.425. The molecule has 108 valence electrons. The number of carbonyl (C=O) groups is 2. The van der Waals surface area contributed by atoms with Gasteiger partial charge >= 0.3 is 0 Å². The molecule has 1 saturated heterocycles. The van der Waals surface area contributed by atoms with Gasteiger partial charge in [0.15, 0.2) is 0 Å². The molecule has 0 aromatic rings. The zero-order chi connectivity index (χ0) is 14.6. The van der Waals surface area contributed by atoms with Crippen molar-refractivity contribution in [1.29, 1.82) is 0 Å². The summed E-state index contributed by atoms with van der Waals surface area (Å²) >= 11 is 5.68. The van der Waals surface area contributed by atoms with E-state index in [0.717, 1.165) is 12.0 Å². The van der Waals surface area contributed by atoms with Crippen molar-refractivity contribution in [3.05, 3.63) is 11.1 Å². The van der Waals surface area contributed by atoms with E-state index in [9.17, 15) is 9.59 Å².